The van der Waals surface area contributed by atoms with Gasteiger partial charge >= 0.3 is 6.09 Å². The van der Waals surface area contributed by atoms with Crippen LogP contribution in [0.3, 0.4) is 0 Å². The van der Waals surface area contributed by atoms with E-state index in [2.05, 4.69) is 24.5 Å². The molecule has 1 saturated heterocycles. The summed E-state index contributed by atoms with van der Waals surface area (Å²) in [6, 6.07) is 0. The molecular formula is C28H52N2O3S. The van der Waals surface area contributed by atoms with Gasteiger partial charge in [-0.25, -0.2) is 4.79 Å². The summed E-state index contributed by atoms with van der Waals surface area (Å²) in [5.74, 6) is 0. The third kappa shape index (κ3) is 13.2. The van der Waals surface area contributed by atoms with Gasteiger partial charge in [0, 0.05) is 24.4 Å². The first-order valence-electron chi connectivity index (χ1n) is 13.9. The smallest absolute Gasteiger partial charge is 0.412 e. The molecule has 0 unspecified atom stereocenters. The van der Waals surface area contributed by atoms with E-state index in [0.717, 1.165) is 19.1 Å². The van der Waals surface area contributed by atoms with E-state index in [-0.39, 0.29) is 5.25 Å². The lowest BCUT2D eigenvalue weighted by Gasteiger charge is -2.32. The lowest BCUT2D eigenvalue weighted by molar-refractivity contribution is -0.116. The molecule has 1 heterocycles. The number of carbonyl (C=O) groups is 2. The maximum atomic E-state index is 12.6. The zero-order valence-corrected chi connectivity index (χ0v) is 23.4. The quantitative estimate of drug-likeness (QED) is 0.0901. The highest BCUT2D eigenvalue weighted by atomic mass is 32.1. The Labute approximate surface area is 215 Å². The van der Waals surface area contributed by atoms with Crippen LogP contribution in [0.1, 0.15) is 137 Å². The highest BCUT2D eigenvalue weighted by Gasteiger charge is 2.48. The first kappa shape index (κ1) is 31.0. The van der Waals surface area contributed by atoms with Gasteiger partial charge in [0.25, 0.3) is 0 Å². The van der Waals surface area contributed by atoms with Crippen LogP contribution in [0.4, 0.5) is 4.79 Å². The number of aldehydes is 1. The number of likely N-dealkylation sites (tertiary alicyclic amines) is 1. The molecule has 1 aliphatic heterocycles. The molecule has 1 fully saturated rings. The van der Waals surface area contributed by atoms with Crippen molar-refractivity contribution in [3.05, 3.63) is 0 Å². The molecule has 0 spiro atoms. The summed E-state index contributed by atoms with van der Waals surface area (Å²) in [7, 11) is 0. The monoisotopic (exact) mass is 496 g/mol. The second-order valence-corrected chi connectivity index (χ2v) is 11.7. The zero-order valence-electron chi connectivity index (χ0n) is 22.5. The zero-order chi connectivity index (χ0) is 25.3. The van der Waals surface area contributed by atoms with Crippen LogP contribution in [-0.4, -0.2) is 46.6 Å². The van der Waals surface area contributed by atoms with Crippen LogP contribution in [0, 0.1) is 0 Å². The lowest BCUT2D eigenvalue weighted by atomic mass is 10.0. The van der Waals surface area contributed by atoms with Gasteiger partial charge in [-0.15, -0.1) is 0 Å². The summed E-state index contributed by atoms with van der Waals surface area (Å²) < 4.78 is 5.48. The molecule has 0 bridgehead atoms. The standard InChI is InChI=1S/C28H52N2O3S/c1-5-6-7-8-9-10-11-12-13-14-15-16-17-18-19-20-21-29-28(24-31)22-25(34)23-30(28)26(32)33-27(2,3)4/h21,24-25,34H,5-20,22-23H2,1-4H3/t25-,28-/m0/s1. The molecule has 0 aliphatic carbocycles. The Balaban J connectivity index is 2.15. The molecule has 0 aromatic heterocycles. The molecule has 0 aromatic rings. The lowest BCUT2D eigenvalue weighted by Crippen LogP contribution is -2.49. The Bertz CT molecular complexity index is 591. The van der Waals surface area contributed by atoms with Gasteiger partial charge in [-0.05, 0) is 33.6 Å². The van der Waals surface area contributed by atoms with Gasteiger partial charge < -0.3 is 4.74 Å². The van der Waals surface area contributed by atoms with Crippen LogP contribution in [-0.2, 0) is 9.53 Å². The second-order valence-electron chi connectivity index (χ2n) is 11.0. The summed E-state index contributed by atoms with van der Waals surface area (Å²) in [4.78, 5) is 30.5. The molecule has 2 atom stereocenters. The highest BCUT2D eigenvalue weighted by Crippen LogP contribution is 2.33. The highest BCUT2D eigenvalue weighted by molar-refractivity contribution is 7.81. The molecule has 1 aliphatic rings. The fourth-order valence-corrected chi connectivity index (χ4v) is 4.97. The normalized spacial score (nSPS) is 20.9. The van der Waals surface area contributed by atoms with Crippen molar-refractivity contribution in [1.82, 2.24) is 4.90 Å². The van der Waals surface area contributed by atoms with E-state index >= 15 is 0 Å². The molecule has 1 rings (SSSR count). The van der Waals surface area contributed by atoms with Gasteiger partial charge in [-0.2, -0.15) is 12.6 Å². The van der Waals surface area contributed by atoms with Crippen molar-refractivity contribution < 1.29 is 14.3 Å². The second kappa shape index (κ2) is 17.4. The molecule has 0 radical (unpaired) electrons. The van der Waals surface area contributed by atoms with E-state index < -0.39 is 17.4 Å². The molecular weight excluding hydrogens is 444 g/mol. The first-order chi connectivity index (χ1) is 16.2. The van der Waals surface area contributed by atoms with E-state index in [1.165, 1.54) is 94.8 Å². The maximum Gasteiger partial charge on any atom is 0.412 e. The van der Waals surface area contributed by atoms with Crippen molar-refractivity contribution in [2.24, 2.45) is 4.99 Å². The average Bonchev–Trinajstić information content (AvgIpc) is 3.11. The summed E-state index contributed by atoms with van der Waals surface area (Å²) >= 11 is 4.50. The van der Waals surface area contributed by atoms with Crippen molar-refractivity contribution in [3.8, 4) is 0 Å². The van der Waals surface area contributed by atoms with Crippen molar-refractivity contribution >= 4 is 31.2 Å². The fraction of sp³-hybridized carbons (Fsp3) is 0.893. The van der Waals surface area contributed by atoms with Gasteiger partial charge in [-0.1, -0.05) is 96.8 Å². The Hall–Kier alpha value is -1.04. The van der Waals surface area contributed by atoms with Crippen LogP contribution in [0.5, 0.6) is 0 Å². The summed E-state index contributed by atoms with van der Waals surface area (Å²) in [6.07, 6.45) is 23.5. The molecule has 34 heavy (non-hydrogen) atoms. The topological polar surface area (TPSA) is 59.0 Å². The van der Waals surface area contributed by atoms with Gasteiger partial charge in [0.15, 0.2) is 11.9 Å². The van der Waals surface area contributed by atoms with Crippen LogP contribution < -0.4 is 0 Å². The van der Waals surface area contributed by atoms with E-state index in [4.69, 9.17) is 4.74 Å². The largest absolute Gasteiger partial charge is 0.444 e. The SMILES string of the molecule is CCCCCCCCCCCCCCCCCC=N[C@@]1(C=O)C[C@H](S)CN1C(=O)OC(C)(C)C. The third-order valence-corrected chi connectivity index (χ3v) is 6.80. The number of hydrogen-bond donors (Lipinski definition) is 1. The molecule has 1 amide bonds. The molecule has 6 heteroatoms. The number of unbranched alkanes of at least 4 members (excludes halogenated alkanes) is 15. The van der Waals surface area contributed by atoms with Crippen LogP contribution in [0.15, 0.2) is 4.99 Å². The Morgan fingerprint density at radius 2 is 1.41 bits per heavy atom. The summed E-state index contributed by atoms with van der Waals surface area (Å²) in [6.45, 7) is 8.10. The first-order valence-corrected chi connectivity index (χ1v) is 14.4. The summed E-state index contributed by atoms with van der Waals surface area (Å²) in [5.41, 5.74) is -1.79. The predicted octanol–water partition coefficient (Wildman–Crippen LogP) is 8.15. The number of hydrogen-bond acceptors (Lipinski definition) is 5. The van der Waals surface area contributed by atoms with Crippen LogP contribution >= 0.6 is 12.6 Å². The average molecular weight is 497 g/mol. The van der Waals surface area contributed by atoms with Gasteiger partial charge in [0.2, 0.25) is 0 Å². The Morgan fingerprint density at radius 1 is 0.941 bits per heavy atom. The van der Waals surface area contributed by atoms with Crippen molar-refractivity contribution in [1.29, 1.82) is 0 Å². The fourth-order valence-electron chi connectivity index (χ4n) is 4.53. The number of amides is 1. The minimum atomic E-state index is -1.18. The molecule has 0 aromatic carbocycles. The molecule has 5 nitrogen and oxygen atoms in total. The molecule has 198 valence electrons. The van der Waals surface area contributed by atoms with E-state index in [9.17, 15) is 9.59 Å². The van der Waals surface area contributed by atoms with Crippen molar-refractivity contribution in [2.45, 2.75) is 153 Å². The van der Waals surface area contributed by atoms with Crippen molar-refractivity contribution in [2.75, 3.05) is 6.54 Å². The number of aliphatic imine (C=N–C) groups is 1. The number of rotatable bonds is 18. The number of thiol groups is 1. The summed E-state index contributed by atoms with van der Waals surface area (Å²) in [5, 5.41) is -0.0827. The van der Waals surface area contributed by atoms with Crippen LogP contribution in [0.2, 0.25) is 0 Å². The Kier molecular flexibility index (Phi) is 15.9. The van der Waals surface area contributed by atoms with Gasteiger partial charge in [-0.3, -0.25) is 14.7 Å². The third-order valence-electron chi connectivity index (χ3n) is 6.45. The molecule has 0 saturated carbocycles. The van der Waals surface area contributed by atoms with Crippen molar-refractivity contribution in [3.63, 3.8) is 0 Å². The number of carbonyl (C=O) groups excluding carboxylic acids is 2. The minimum Gasteiger partial charge on any atom is -0.444 e. The van der Waals surface area contributed by atoms with E-state index in [1.807, 2.05) is 27.0 Å². The van der Waals surface area contributed by atoms with Crippen LogP contribution in [0.25, 0.3) is 0 Å². The molecule has 0 N–H and O–H groups in total. The number of nitrogens with zero attached hydrogens (tertiary/aromatic N) is 2. The maximum absolute atomic E-state index is 12.6. The minimum absolute atomic E-state index is 0.0827. The number of ether oxygens (including phenoxy) is 1. The predicted molar refractivity (Wildman–Crippen MR) is 147 cm³/mol. The van der Waals surface area contributed by atoms with E-state index in [0.29, 0.717) is 13.0 Å². The Morgan fingerprint density at radius 3 is 1.85 bits per heavy atom. The van der Waals surface area contributed by atoms with Gasteiger partial charge in [0.1, 0.15) is 5.60 Å². The van der Waals surface area contributed by atoms with Gasteiger partial charge in [0.05, 0.1) is 0 Å². The van der Waals surface area contributed by atoms with E-state index in [1.54, 1.807) is 0 Å².